The van der Waals surface area contributed by atoms with Gasteiger partial charge in [-0.25, -0.2) is 0 Å². The van der Waals surface area contributed by atoms with Gasteiger partial charge in [-0.3, -0.25) is 9.59 Å². The first kappa shape index (κ1) is 16.2. The van der Waals surface area contributed by atoms with Crippen molar-refractivity contribution in [1.82, 2.24) is 0 Å². The van der Waals surface area contributed by atoms with Gasteiger partial charge in [0.2, 0.25) is 0 Å². The zero-order chi connectivity index (χ0) is 17.2. The molecule has 0 N–H and O–H groups in total. The normalized spacial score (nSPS) is 20.9. The summed E-state index contributed by atoms with van der Waals surface area (Å²) in [5.41, 5.74) is 0.505. The Kier molecular flexibility index (Phi) is 4.14. The number of esters is 2. The van der Waals surface area contributed by atoms with Crippen molar-refractivity contribution in [2.24, 2.45) is 5.41 Å². The smallest absolute Gasteiger partial charge is 0.313 e. The number of hydrogen-bond acceptors (Lipinski definition) is 4. The Morgan fingerprint density at radius 2 is 1.38 bits per heavy atom. The van der Waals surface area contributed by atoms with Gasteiger partial charge in [0.1, 0.15) is 0 Å². The van der Waals surface area contributed by atoms with E-state index in [9.17, 15) is 9.59 Å². The number of carbonyl (C=O) groups excluding carboxylic acids is 2. The molecule has 0 heterocycles. The molecule has 1 unspecified atom stereocenters. The van der Waals surface area contributed by atoms with Crippen LogP contribution in [0.4, 0.5) is 0 Å². The maximum Gasteiger partial charge on any atom is 0.313 e. The third kappa shape index (κ3) is 2.30. The van der Waals surface area contributed by atoms with Gasteiger partial charge in [-0.15, -0.1) is 0 Å². The van der Waals surface area contributed by atoms with E-state index < -0.39 is 16.8 Å². The van der Waals surface area contributed by atoms with E-state index in [-0.39, 0.29) is 12.4 Å². The quantitative estimate of drug-likeness (QED) is 0.793. The van der Waals surface area contributed by atoms with Gasteiger partial charge in [0.05, 0.1) is 26.1 Å². The van der Waals surface area contributed by atoms with E-state index in [1.54, 1.807) is 0 Å². The van der Waals surface area contributed by atoms with Crippen molar-refractivity contribution in [2.75, 3.05) is 14.2 Å². The van der Waals surface area contributed by atoms with Gasteiger partial charge in [0.15, 0.2) is 0 Å². The predicted molar refractivity (Wildman–Crippen MR) is 89.4 cm³/mol. The summed E-state index contributed by atoms with van der Waals surface area (Å²) in [6, 6.07) is 19.6. The Bertz CT molecular complexity index is 699. The van der Waals surface area contributed by atoms with Crippen molar-refractivity contribution in [3.05, 3.63) is 71.8 Å². The van der Waals surface area contributed by atoms with E-state index in [0.29, 0.717) is 6.42 Å². The lowest BCUT2D eigenvalue weighted by Crippen LogP contribution is -2.31. The lowest BCUT2D eigenvalue weighted by molar-refractivity contribution is -0.154. The van der Waals surface area contributed by atoms with Crippen LogP contribution in [0.5, 0.6) is 0 Å². The highest BCUT2D eigenvalue weighted by Crippen LogP contribution is 2.70. The molecule has 124 valence electrons. The van der Waals surface area contributed by atoms with E-state index in [0.717, 1.165) is 11.1 Å². The zero-order valence-corrected chi connectivity index (χ0v) is 13.8. The van der Waals surface area contributed by atoms with Crippen LogP contribution in [0.2, 0.25) is 0 Å². The molecular weight excluding hydrogens is 304 g/mol. The lowest BCUT2D eigenvalue weighted by Gasteiger charge is -2.25. The van der Waals surface area contributed by atoms with Crippen molar-refractivity contribution in [3.63, 3.8) is 0 Å². The molecule has 1 saturated carbocycles. The molecule has 0 radical (unpaired) electrons. The largest absolute Gasteiger partial charge is 0.469 e. The Morgan fingerprint density at radius 3 is 1.79 bits per heavy atom. The van der Waals surface area contributed by atoms with E-state index >= 15 is 0 Å². The summed E-state index contributed by atoms with van der Waals surface area (Å²) in [5.74, 6) is -0.783. The second-order valence-corrected chi connectivity index (χ2v) is 6.14. The monoisotopic (exact) mass is 324 g/mol. The van der Waals surface area contributed by atoms with Gasteiger partial charge < -0.3 is 9.47 Å². The minimum Gasteiger partial charge on any atom is -0.469 e. The van der Waals surface area contributed by atoms with E-state index in [4.69, 9.17) is 9.47 Å². The van der Waals surface area contributed by atoms with Crippen LogP contribution in [0.1, 0.15) is 24.0 Å². The molecule has 3 rings (SSSR count). The van der Waals surface area contributed by atoms with Crippen LogP contribution in [-0.4, -0.2) is 26.2 Å². The van der Waals surface area contributed by atoms with Crippen molar-refractivity contribution in [2.45, 2.75) is 18.3 Å². The van der Waals surface area contributed by atoms with Crippen LogP contribution >= 0.6 is 0 Å². The molecule has 4 heteroatoms. The van der Waals surface area contributed by atoms with Crippen molar-refractivity contribution in [1.29, 1.82) is 0 Å². The third-order valence-electron chi connectivity index (χ3n) is 5.04. The van der Waals surface area contributed by atoms with Gasteiger partial charge in [0, 0.05) is 5.41 Å². The Hall–Kier alpha value is -2.62. The van der Waals surface area contributed by atoms with Crippen molar-refractivity contribution < 1.29 is 19.1 Å². The number of benzene rings is 2. The molecule has 2 aromatic rings. The fourth-order valence-corrected chi connectivity index (χ4v) is 3.82. The first-order valence-corrected chi connectivity index (χ1v) is 7.87. The molecule has 1 fully saturated rings. The van der Waals surface area contributed by atoms with Crippen molar-refractivity contribution >= 4 is 11.9 Å². The molecule has 0 amide bonds. The number of rotatable bonds is 5. The molecule has 0 saturated heterocycles. The summed E-state index contributed by atoms with van der Waals surface area (Å²) >= 11 is 0. The van der Waals surface area contributed by atoms with Gasteiger partial charge in [-0.2, -0.15) is 0 Å². The van der Waals surface area contributed by atoms with Crippen LogP contribution in [0.15, 0.2) is 60.7 Å². The molecule has 0 aromatic heterocycles. The summed E-state index contributed by atoms with van der Waals surface area (Å²) < 4.78 is 9.91. The minimum atomic E-state index is -0.933. The van der Waals surface area contributed by atoms with Gasteiger partial charge in [-0.05, 0) is 17.5 Å². The van der Waals surface area contributed by atoms with Crippen LogP contribution in [0, 0.1) is 5.41 Å². The zero-order valence-electron chi connectivity index (χ0n) is 13.8. The lowest BCUT2D eigenvalue weighted by atomic mass is 9.78. The fourth-order valence-electron chi connectivity index (χ4n) is 3.82. The molecule has 0 aliphatic heterocycles. The van der Waals surface area contributed by atoms with Crippen LogP contribution in [-0.2, 0) is 24.5 Å². The Balaban J connectivity index is 2.17. The molecule has 1 aliphatic carbocycles. The number of methoxy groups -OCH3 is 2. The predicted octanol–water partition coefficient (Wildman–Crippen LogP) is 3.10. The molecular formula is C20H20O4. The van der Waals surface area contributed by atoms with E-state index in [1.807, 2.05) is 60.7 Å². The first-order valence-electron chi connectivity index (χ1n) is 7.87. The third-order valence-corrected chi connectivity index (χ3v) is 5.04. The van der Waals surface area contributed by atoms with Gasteiger partial charge in [-0.1, -0.05) is 60.7 Å². The van der Waals surface area contributed by atoms with Gasteiger partial charge >= 0.3 is 11.9 Å². The van der Waals surface area contributed by atoms with E-state index in [1.165, 1.54) is 14.2 Å². The fraction of sp³-hybridized carbons (Fsp3) is 0.300. The highest BCUT2D eigenvalue weighted by atomic mass is 16.5. The van der Waals surface area contributed by atoms with Crippen LogP contribution < -0.4 is 0 Å². The summed E-state index contributed by atoms with van der Waals surface area (Å²) in [5, 5.41) is 0. The number of ether oxygens (including phenoxy) is 2. The molecule has 4 nitrogen and oxygen atoms in total. The van der Waals surface area contributed by atoms with E-state index in [2.05, 4.69) is 0 Å². The minimum absolute atomic E-state index is 0.0000378. The number of hydrogen-bond donors (Lipinski definition) is 0. The first-order chi connectivity index (χ1) is 11.6. The molecule has 1 atom stereocenters. The summed E-state index contributed by atoms with van der Waals surface area (Å²) in [6.45, 7) is 0. The molecule has 0 bridgehead atoms. The second kappa shape index (κ2) is 6.11. The molecule has 1 aliphatic rings. The van der Waals surface area contributed by atoms with Crippen LogP contribution in [0.3, 0.4) is 0 Å². The SMILES string of the molecule is COC(=O)CC1(C(=O)OC)CC1(c1ccccc1)c1ccccc1. The highest BCUT2D eigenvalue weighted by Gasteiger charge is 2.74. The Morgan fingerprint density at radius 1 is 0.875 bits per heavy atom. The molecule has 2 aromatic carbocycles. The summed E-state index contributed by atoms with van der Waals surface area (Å²) in [4.78, 5) is 24.7. The average molecular weight is 324 g/mol. The summed E-state index contributed by atoms with van der Waals surface area (Å²) in [7, 11) is 2.70. The highest BCUT2D eigenvalue weighted by molar-refractivity contribution is 5.91. The second-order valence-electron chi connectivity index (χ2n) is 6.14. The molecule has 0 spiro atoms. The van der Waals surface area contributed by atoms with Crippen molar-refractivity contribution in [3.8, 4) is 0 Å². The maximum atomic E-state index is 12.7. The standard InChI is InChI=1S/C20H20O4/c1-23-17(21)13-19(18(22)24-2)14-20(19,15-9-5-3-6-10-15)16-11-7-4-8-12-16/h3-12H,13-14H2,1-2H3. The average Bonchev–Trinajstić information content (AvgIpc) is 3.33. The van der Waals surface area contributed by atoms with Crippen LogP contribution in [0.25, 0.3) is 0 Å². The topological polar surface area (TPSA) is 52.6 Å². The molecule has 24 heavy (non-hydrogen) atoms. The summed E-state index contributed by atoms with van der Waals surface area (Å²) in [6.07, 6.45) is 0.524. The Labute approximate surface area is 141 Å². The number of carbonyl (C=O) groups is 2. The maximum absolute atomic E-state index is 12.7. The van der Waals surface area contributed by atoms with Gasteiger partial charge in [0.25, 0.3) is 0 Å².